The Hall–Kier alpha value is -1.39. The molecular weight excluding hydrogens is 246 g/mol. The van der Waals surface area contributed by atoms with Gasteiger partial charge in [-0.2, -0.15) is 0 Å². The van der Waals surface area contributed by atoms with E-state index in [1.165, 1.54) is 0 Å². The van der Waals surface area contributed by atoms with Crippen LogP contribution >= 0.6 is 0 Å². The van der Waals surface area contributed by atoms with E-state index in [4.69, 9.17) is 0 Å². The van der Waals surface area contributed by atoms with Crippen LogP contribution in [0.5, 0.6) is 0 Å². The summed E-state index contributed by atoms with van der Waals surface area (Å²) in [5.41, 5.74) is -1.33. The van der Waals surface area contributed by atoms with Crippen LogP contribution in [-0.4, -0.2) is 33.3 Å². The number of fused-ring (bicyclic) bond motifs is 1. The van der Waals surface area contributed by atoms with E-state index in [2.05, 4.69) is 0 Å². The molecule has 2 aliphatic carbocycles. The Morgan fingerprint density at radius 3 is 1.95 bits per heavy atom. The van der Waals surface area contributed by atoms with Crippen LogP contribution in [0.25, 0.3) is 0 Å². The summed E-state index contributed by atoms with van der Waals surface area (Å²) < 4.78 is 0. The molecule has 5 heteroatoms. The number of nitrogens with zero attached hydrogens (tertiary/aromatic N) is 1. The number of likely N-dealkylation sites (tertiary alicyclic amines) is 1. The number of rotatable bonds is 3. The van der Waals surface area contributed by atoms with Crippen molar-refractivity contribution in [2.24, 2.45) is 17.8 Å². The predicted molar refractivity (Wildman–Crippen MR) is 66.1 cm³/mol. The van der Waals surface area contributed by atoms with Crippen molar-refractivity contribution in [1.82, 2.24) is 4.90 Å². The first-order valence-electron chi connectivity index (χ1n) is 7.09. The van der Waals surface area contributed by atoms with Gasteiger partial charge in [0.15, 0.2) is 0 Å². The summed E-state index contributed by atoms with van der Waals surface area (Å²) >= 11 is 0. The van der Waals surface area contributed by atoms with Gasteiger partial charge < -0.3 is 5.11 Å². The predicted octanol–water partition coefficient (Wildman–Crippen LogP) is 1.41. The van der Waals surface area contributed by atoms with E-state index in [-0.39, 0.29) is 29.6 Å². The first-order valence-corrected chi connectivity index (χ1v) is 7.09. The molecule has 0 aromatic heterocycles. The molecular formula is C14H19NO4. The Morgan fingerprint density at radius 1 is 1.11 bits per heavy atom. The fraction of sp³-hybridized carbons (Fsp3) is 0.786. The van der Waals surface area contributed by atoms with Gasteiger partial charge in [0.1, 0.15) is 5.54 Å². The summed E-state index contributed by atoms with van der Waals surface area (Å²) in [5.74, 6) is -2.14. The zero-order valence-corrected chi connectivity index (χ0v) is 11.1. The smallest absolute Gasteiger partial charge is 0.330 e. The number of amides is 2. The maximum absolute atomic E-state index is 12.5. The van der Waals surface area contributed by atoms with Gasteiger partial charge in [0.25, 0.3) is 0 Å². The van der Waals surface area contributed by atoms with Gasteiger partial charge in [-0.3, -0.25) is 14.5 Å². The summed E-state index contributed by atoms with van der Waals surface area (Å²) in [5, 5.41) is 9.53. The molecule has 3 fully saturated rings. The minimum absolute atomic E-state index is 0.0712. The van der Waals surface area contributed by atoms with Crippen molar-refractivity contribution in [1.29, 1.82) is 0 Å². The normalized spacial score (nSPS) is 34.1. The third kappa shape index (κ3) is 1.63. The molecule has 1 N–H and O–H groups in total. The van der Waals surface area contributed by atoms with Crippen LogP contribution in [0, 0.1) is 17.8 Å². The highest BCUT2D eigenvalue weighted by Gasteiger charge is 2.61. The van der Waals surface area contributed by atoms with Crippen LogP contribution in [0.15, 0.2) is 0 Å². The second kappa shape index (κ2) is 4.05. The molecule has 0 spiro atoms. The van der Waals surface area contributed by atoms with E-state index in [1.54, 1.807) is 6.92 Å². The standard InChI is InChI=1S/C14H19NO4/c1-14(13(18)19,8-6-7-8)15-11(16)9-4-2-3-5-10(9)12(15)17/h8-10H,2-7H2,1H3,(H,18,19). The zero-order valence-electron chi connectivity index (χ0n) is 11.1. The van der Waals surface area contributed by atoms with Crippen molar-refractivity contribution < 1.29 is 19.5 Å². The van der Waals surface area contributed by atoms with Gasteiger partial charge in [0.05, 0.1) is 11.8 Å². The van der Waals surface area contributed by atoms with Gasteiger partial charge in [-0.05, 0) is 38.5 Å². The Balaban J connectivity index is 1.97. The summed E-state index contributed by atoms with van der Waals surface area (Å²) in [4.78, 5) is 37.7. The number of imide groups is 1. The third-order valence-corrected chi connectivity index (χ3v) is 5.11. The molecule has 19 heavy (non-hydrogen) atoms. The molecule has 0 radical (unpaired) electrons. The van der Waals surface area contributed by atoms with E-state index < -0.39 is 11.5 Å². The van der Waals surface area contributed by atoms with Gasteiger partial charge in [0.2, 0.25) is 11.8 Å². The van der Waals surface area contributed by atoms with Crippen molar-refractivity contribution >= 4 is 17.8 Å². The van der Waals surface area contributed by atoms with Crippen LogP contribution in [0.1, 0.15) is 45.4 Å². The lowest BCUT2D eigenvalue weighted by Crippen LogP contribution is -2.57. The van der Waals surface area contributed by atoms with E-state index in [0.29, 0.717) is 0 Å². The SMILES string of the molecule is CC(C(=O)O)(C1CC1)N1C(=O)C2CCCCC2C1=O. The average molecular weight is 265 g/mol. The topological polar surface area (TPSA) is 74.7 Å². The minimum atomic E-state index is -1.33. The van der Waals surface area contributed by atoms with Gasteiger partial charge in [0, 0.05) is 0 Å². The van der Waals surface area contributed by atoms with Crippen LogP contribution in [0.2, 0.25) is 0 Å². The van der Waals surface area contributed by atoms with Crippen molar-refractivity contribution in [3.63, 3.8) is 0 Å². The summed E-state index contributed by atoms with van der Waals surface area (Å²) in [6.07, 6.45) is 4.95. The lowest BCUT2D eigenvalue weighted by Gasteiger charge is -2.34. The van der Waals surface area contributed by atoms with Crippen molar-refractivity contribution in [3.05, 3.63) is 0 Å². The van der Waals surface area contributed by atoms with Gasteiger partial charge in [-0.15, -0.1) is 0 Å². The third-order valence-electron chi connectivity index (χ3n) is 5.11. The first-order chi connectivity index (χ1) is 8.98. The van der Waals surface area contributed by atoms with Crippen LogP contribution in [0.4, 0.5) is 0 Å². The van der Waals surface area contributed by atoms with Crippen molar-refractivity contribution in [3.8, 4) is 0 Å². The maximum Gasteiger partial charge on any atom is 0.330 e. The number of carboxylic acids is 1. The Labute approximate surface area is 112 Å². The lowest BCUT2D eigenvalue weighted by molar-refractivity contribution is -0.164. The molecule has 1 aliphatic heterocycles. The summed E-state index contributed by atoms with van der Waals surface area (Å²) in [6.45, 7) is 1.54. The highest BCUT2D eigenvalue weighted by Crippen LogP contribution is 2.48. The summed E-state index contributed by atoms with van der Waals surface area (Å²) in [7, 11) is 0. The number of hydrogen-bond donors (Lipinski definition) is 1. The molecule has 3 aliphatic rings. The molecule has 3 unspecified atom stereocenters. The first kappa shape index (κ1) is 12.6. The number of carboxylic acid groups (broad SMARTS) is 1. The lowest BCUT2D eigenvalue weighted by atomic mass is 9.81. The molecule has 1 saturated heterocycles. The van der Waals surface area contributed by atoms with E-state index in [9.17, 15) is 19.5 Å². The van der Waals surface area contributed by atoms with Gasteiger partial charge in [-0.25, -0.2) is 4.79 Å². The number of aliphatic carboxylic acids is 1. The van der Waals surface area contributed by atoms with Crippen molar-refractivity contribution in [2.75, 3.05) is 0 Å². The fourth-order valence-electron chi connectivity index (χ4n) is 3.72. The molecule has 1 heterocycles. The van der Waals surface area contributed by atoms with Crippen LogP contribution in [0.3, 0.4) is 0 Å². The Kier molecular flexibility index (Phi) is 2.69. The van der Waals surface area contributed by atoms with Gasteiger partial charge >= 0.3 is 5.97 Å². The molecule has 0 bridgehead atoms. The maximum atomic E-state index is 12.5. The van der Waals surface area contributed by atoms with E-state index >= 15 is 0 Å². The molecule has 5 nitrogen and oxygen atoms in total. The zero-order chi connectivity index (χ0) is 13.8. The molecule has 104 valence electrons. The molecule has 2 saturated carbocycles. The second-order valence-corrected chi connectivity index (χ2v) is 6.24. The van der Waals surface area contributed by atoms with Crippen LogP contribution < -0.4 is 0 Å². The Morgan fingerprint density at radius 2 is 1.58 bits per heavy atom. The van der Waals surface area contributed by atoms with Gasteiger partial charge in [-0.1, -0.05) is 12.8 Å². The average Bonchev–Trinajstić information content (AvgIpc) is 3.19. The quantitative estimate of drug-likeness (QED) is 0.783. The highest BCUT2D eigenvalue weighted by atomic mass is 16.4. The monoisotopic (exact) mass is 265 g/mol. The molecule has 3 atom stereocenters. The number of carbonyl (C=O) groups excluding carboxylic acids is 2. The molecule has 0 aromatic rings. The van der Waals surface area contributed by atoms with E-state index in [0.717, 1.165) is 43.4 Å². The molecule has 2 amide bonds. The van der Waals surface area contributed by atoms with Crippen molar-refractivity contribution in [2.45, 2.75) is 51.0 Å². The second-order valence-electron chi connectivity index (χ2n) is 6.24. The van der Waals surface area contributed by atoms with E-state index in [1.807, 2.05) is 0 Å². The minimum Gasteiger partial charge on any atom is -0.479 e. The number of hydrogen-bond acceptors (Lipinski definition) is 3. The molecule has 0 aromatic carbocycles. The highest BCUT2D eigenvalue weighted by molar-refractivity contribution is 6.09. The summed E-state index contributed by atoms with van der Waals surface area (Å²) in [6, 6.07) is 0. The molecule has 3 rings (SSSR count). The Bertz CT molecular complexity index is 432. The van der Waals surface area contributed by atoms with Crippen LogP contribution in [-0.2, 0) is 14.4 Å². The number of carbonyl (C=O) groups is 3. The fourth-order valence-corrected chi connectivity index (χ4v) is 3.72. The largest absolute Gasteiger partial charge is 0.479 e.